The van der Waals surface area contributed by atoms with Crippen LogP contribution in [0.2, 0.25) is 0 Å². The van der Waals surface area contributed by atoms with E-state index >= 15 is 0 Å². The molecule has 0 saturated carbocycles. The maximum absolute atomic E-state index is 5.21. The smallest absolute Gasteiger partial charge is 0.225 e. The van der Waals surface area contributed by atoms with Gasteiger partial charge in [-0.25, -0.2) is 14.6 Å². The van der Waals surface area contributed by atoms with Crippen LogP contribution in [0.4, 0.5) is 5.95 Å². The summed E-state index contributed by atoms with van der Waals surface area (Å²) in [7, 11) is 0. The molecule has 0 aliphatic carbocycles. The number of rotatable bonds is 5. The number of H-pyrrole nitrogens is 1. The van der Waals surface area contributed by atoms with Gasteiger partial charge in [0.2, 0.25) is 5.95 Å². The van der Waals surface area contributed by atoms with Crippen LogP contribution in [0.1, 0.15) is 36.2 Å². The van der Waals surface area contributed by atoms with Crippen molar-refractivity contribution < 1.29 is 0 Å². The highest BCUT2D eigenvalue weighted by atomic mass is 15.3. The molecular formula is C27H27N7. The van der Waals surface area contributed by atoms with Crippen LogP contribution in [0.5, 0.6) is 0 Å². The summed E-state index contributed by atoms with van der Waals surface area (Å²) in [5.74, 6) is 0.754. The summed E-state index contributed by atoms with van der Waals surface area (Å²) in [5, 5.41) is 6.36. The molecule has 0 fully saturated rings. The number of fused-ring (bicyclic) bond motifs is 2. The SMILES string of the molecule is CCc1cccc(CC)c1-n1nc2c(c1-c1cc3cc[nH]c3cn1)CN(c1ncccn1)CC2. The average Bonchev–Trinajstić information content (AvgIpc) is 3.52. The minimum Gasteiger partial charge on any atom is -0.360 e. The van der Waals surface area contributed by atoms with Gasteiger partial charge in [-0.1, -0.05) is 32.0 Å². The van der Waals surface area contributed by atoms with Gasteiger partial charge in [0.15, 0.2) is 0 Å². The van der Waals surface area contributed by atoms with Crippen LogP contribution in [-0.2, 0) is 25.8 Å². The number of hydrogen-bond acceptors (Lipinski definition) is 5. The quantitative estimate of drug-likeness (QED) is 0.413. The zero-order valence-corrected chi connectivity index (χ0v) is 19.5. The molecule has 1 N–H and O–H groups in total. The molecule has 0 radical (unpaired) electrons. The molecule has 0 atom stereocenters. The van der Waals surface area contributed by atoms with Gasteiger partial charge < -0.3 is 9.88 Å². The maximum Gasteiger partial charge on any atom is 0.225 e. The number of para-hydroxylation sites is 1. The van der Waals surface area contributed by atoms with E-state index in [1.54, 1.807) is 12.4 Å². The van der Waals surface area contributed by atoms with E-state index in [1.165, 1.54) is 22.4 Å². The van der Waals surface area contributed by atoms with Crippen molar-refractivity contribution >= 4 is 16.9 Å². The van der Waals surface area contributed by atoms with E-state index in [1.807, 2.05) is 18.5 Å². The molecule has 0 unspecified atom stereocenters. The molecule has 1 aliphatic rings. The van der Waals surface area contributed by atoms with Gasteiger partial charge in [0.1, 0.15) is 0 Å². The molecule has 6 rings (SSSR count). The Balaban J connectivity index is 1.59. The lowest BCUT2D eigenvalue weighted by Crippen LogP contribution is -2.31. The Kier molecular flexibility index (Phi) is 5.09. The van der Waals surface area contributed by atoms with Crippen molar-refractivity contribution in [2.45, 2.75) is 39.7 Å². The summed E-state index contributed by atoms with van der Waals surface area (Å²) in [4.78, 5) is 19.4. The molecule has 4 aromatic heterocycles. The number of nitrogens with zero attached hydrogens (tertiary/aromatic N) is 6. The minimum atomic E-state index is 0.706. The summed E-state index contributed by atoms with van der Waals surface area (Å²) in [6, 6.07) is 12.7. The third-order valence-electron chi connectivity index (χ3n) is 6.73. The van der Waals surface area contributed by atoms with Gasteiger partial charge in [-0.15, -0.1) is 0 Å². The summed E-state index contributed by atoms with van der Waals surface area (Å²) in [6.45, 7) is 5.96. The van der Waals surface area contributed by atoms with Crippen LogP contribution in [0, 0.1) is 0 Å². The first-order valence-electron chi connectivity index (χ1n) is 11.9. The van der Waals surface area contributed by atoms with E-state index < -0.39 is 0 Å². The Morgan fingerprint density at radius 2 is 1.76 bits per heavy atom. The van der Waals surface area contributed by atoms with E-state index in [9.17, 15) is 0 Å². The van der Waals surface area contributed by atoms with E-state index in [4.69, 9.17) is 10.1 Å². The van der Waals surface area contributed by atoms with Gasteiger partial charge in [0.25, 0.3) is 0 Å². The first-order valence-corrected chi connectivity index (χ1v) is 11.9. The van der Waals surface area contributed by atoms with Gasteiger partial charge in [-0.2, -0.15) is 5.10 Å². The lowest BCUT2D eigenvalue weighted by atomic mass is 10.0. The lowest BCUT2D eigenvalue weighted by molar-refractivity contribution is 0.694. The molecule has 34 heavy (non-hydrogen) atoms. The van der Waals surface area contributed by atoms with E-state index in [-0.39, 0.29) is 0 Å². The second kappa shape index (κ2) is 8.41. The van der Waals surface area contributed by atoms with Crippen molar-refractivity contribution in [1.29, 1.82) is 0 Å². The zero-order valence-electron chi connectivity index (χ0n) is 19.5. The number of pyridine rings is 1. The molecule has 5 aromatic rings. The van der Waals surface area contributed by atoms with Gasteiger partial charge in [-0.05, 0) is 42.2 Å². The largest absolute Gasteiger partial charge is 0.360 e. The lowest BCUT2D eigenvalue weighted by Gasteiger charge is -2.26. The molecule has 7 heteroatoms. The maximum atomic E-state index is 5.21. The number of aromatic nitrogens is 6. The Morgan fingerprint density at radius 1 is 0.971 bits per heavy atom. The third-order valence-corrected chi connectivity index (χ3v) is 6.73. The Bertz CT molecular complexity index is 1440. The van der Waals surface area contributed by atoms with Crippen molar-refractivity contribution in [1.82, 2.24) is 29.7 Å². The Morgan fingerprint density at radius 3 is 2.53 bits per heavy atom. The molecule has 0 spiro atoms. The first kappa shape index (κ1) is 20.6. The monoisotopic (exact) mass is 449 g/mol. The molecule has 1 aliphatic heterocycles. The molecule has 170 valence electrons. The van der Waals surface area contributed by atoms with Crippen molar-refractivity contribution in [2.75, 3.05) is 11.4 Å². The number of aromatic amines is 1. The Hall–Kier alpha value is -4.00. The fourth-order valence-electron chi connectivity index (χ4n) is 4.99. The van der Waals surface area contributed by atoms with E-state index in [2.05, 4.69) is 68.7 Å². The standard InChI is InChI=1S/C27H27N7/c1-3-18-7-5-8-19(4-2)25(18)34-26(23-15-20-9-13-28-24(20)16-31-23)21-17-33(14-10-22(21)32-34)27-29-11-6-12-30-27/h5-9,11-13,15-16,28H,3-4,10,14,17H2,1-2H3. The number of hydrogen-bond donors (Lipinski definition) is 1. The van der Waals surface area contributed by atoms with Gasteiger partial charge in [0, 0.05) is 49.1 Å². The second-order valence-electron chi connectivity index (χ2n) is 8.67. The minimum absolute atomic E-state index is 0.706. The van der Waals surface area contributed by atoms with E-state index in [0.29, 0.717) is 6.54 Å². The van der Waals surface area contributed by atoms with Gasteiger partial charge in [0.05, 0.1) is 34.5 Å². The van der Waals surface area contributed by atoms with Crippen LogP contribution in [0.15, 0.2) is 61.2 Å². The summed E-state index contributed by atoms with van der Waals surface area (Å²) >= 11 is 0. The van der Waals surface area contributed by atoms with Crippen molar-refractivity contribution in [3.63, 3.8) is 0 Å². The van der Waals surface area contributed by atoms with Crippen LogP contribution in [0.3, 0.4) is 0 Å². The molecule has 7 nitrogen and oxygen atoms in total. The topological polar surface area (TPSA) is 75.5 Å². The van der Waals surface area contributed by atoms with Gasteiger partial charge >= 0.3 is 0 Å². The average molecular weight is 450 g/mol. The van der Waals surface area contributed by atoms with Crippen molar-refractivity contribution in [3.8, 4) is 17.1 Å². The fraction of sp³-hybridized carbons (Fsp3) is 0.259. The number of benzene rings is 1. The van der Waals surface area contributed by atoms with Gasteiger partial charge in [-0.3, -0.25) is 4.98 Å². The zero-order chi connectivity index (χ0) is 23.1. The highest BCUT2D eigenvalue weighted by Crippen LogP contribution is 2.35. The third kappa shape index (κ3) is 3.36. The molecular weight excluding hydrogens is 422 g/mol. The molecule has 0 amide bonds. The van der Waals surface area contributed by atoms with E-state index in [0.717, 1.165) is 59.7 Å². The summed E-state index contributed by atoms with van der Waals surface area (Å²) in [5.41, 5.74) is 9.15. The predicted molar refractivity (Wildman–Crippen MR) is 134 cm³/mol. The molecule has 0 saturated heterocycles. The van der Waals surface area contributed by atoms with Crippen molar-refractivity contribution in [3.05, 3.63) is 83.6 Å². The fourth-order valence-corrected chi connectivity index (χ4v) is 4.99. The molecule has 0 bridgehead atoms. The second-order valence-corrected chi connectivity index (χ2v) is 8.67. The summed E-state index contributed by atoms with van der Waals surface area (Å²) < 4.78 is 2.17. The van der Waals surface area contributed by atoms with Crippen LogP contribution >= 0.6 is 0 Å². The molecule has 1 aromatic carbocycles. The highest BCUT2D eigenvalue weighted by molar-refractivity contribution is 5.83. The predicted octanol–water partition coefficient (Wildman–Crippen LogP) is 4.89. The highest BCUT2D eigenvalue weighted by Gasteiger charge is 2.29. The van der Waals surface area contributed by atoms with Crippen molar-refractivity contribution in [2.24, 2.45) is 0 Å². The molecule has 5 heterocycles. The summed E-state index contributed by atoms with van der Waals surface area (Å²) in [6.07, 6.45) is 10.2. The van der Waals surface area contributed by atoms with Crippen LogP contribution in [0.25, 0.3) is 28.0 Å². The first-order chi connectivity index (χ1) is 16.8. The normalized spacial score (nSPS) is 13.4. The van der Waals surface area contributed by atoms with Crippen LogP contribution < -0.4 is 4.90 Å². The number of anilines is 1. The Labute approximate surface area is 198 Å². The van der Waals surface area contributed by atoms with Crippen LogP contribution in [-0.4, -0.2) is 36.3 Å². The number of nitrogens with one attached hydrogen (secondary N) is 1. The number of aryl methyl sites for hydroxylation is 2.